The Balaban J connectivity index is 1.58. The van der Waals surface area contributed by atoms with Gasteiger partial charge < -0.3 is 4.74 Å². The Bertz CT molecular complexity index is 1620. The standard InChI is InChI=1S/C29H27N5O3/c1-19-9-7-8-12-24(19)26(35)33(18-22-13-15-23(37-3)16-14-22)29-31-28-30-20(2)25(27(36)34(28)32-29)17-21-10-5-4-6-11-21/h4-16H,17-18H2,1-3H3,(H,30,31,32). The number of hydrogen-bond acceptors (Lipinski definition) is 5. The van der Waals surface area contributed by atoms with Crippen molar-refractivity contribution in [1.29, 1.82) is 0 Å². The van der Waals surface area contributed by atoms with Crippen molar-refractivity contribution in [2.45, 2.75) is 26.8 Å². The molecular formula is C29H27N5O3. The largest absolute Gasteiger partial charge is 0.497 e. The van der Waals surface area contributed by atoms with Crippen molar-refractivity contribution < 1.29 is 9.53 Å². The highest BCUT2D eigenvalue weighted by Gasteiger charge is 2.24. The second-order valence-electron chi connectivity index (χ2n) is 8.88. The average Bonchev–Trinajstić information content (AvgIpc) is 3.34. The van der Waals surface area contributed by atoms with Gasteiger partial charge in [0.1, 0.15) is 5.75 Å². The van der Waals surface area contributed by atoms with Crippen LogP contribution in [-0.4, -0.2) is 32.6 Å². The SMILES string of the molecule is COc1ccc(CN(C(=O)c2ccccc2C)c2nc3nc(C)c(Cc4ccccc4)c(=O)n3[nH]2)cc1. The molecule has 0 unspecified atom stereocenters. The van der Waals surface area contributed by atoms with Gasteiger partial charge in [0.2, 0.25) is 5.95 Å². The lowest BCUT2D eigenvalue weighted by Crippen LogP contribution is -2.32. The second kappa shape index (κ2) is 10.1. The van der Waals surface area contributed by atoms with E-state index in [1.165, 1.54) is 9.42 Å². The molecule has 3 aromatic carbocycles. The number of H-pyrrole nitrogens is 1. The summed E-state index contributed by atoms with van der Waals surface area (Å²) in [5.74, 6) is 0.945. The number of hydrogen-bond donors (Lipinski definition) is 1. The summed E-state index contributed by atoms with van der Waals surface area (Å²) in [7, 11) is 1.61. The number of aromatic amines is 1. The smallest absolute Gasteiger partial charge is 0.277 e. The molecule has 5 rings (SSSR count). The van der Waals surface area contributed by atoms with Crippen molar-refractivity contribution >= 4 is 17.6 Å². The summed E-state index contributed by atoms with van der Waals surface area (Å²) in [4.78, 5) is 37.9. The summed E-state index contributed by atoms with van der Waals surface area (Å²) in [6.45, 7) is 3.94. The van der Waals surface area contributed by atoms with Crippen molar-refractivity contribution in [2.75, 3.05) is 12.0 Å². The fraction of sp³-hybridized carbons (Fsp3) is 0.172. The van der Waals surface area contributed by atoms with Crippen LogP contribution >= 0.6 is 0 Å². The summed E-state index contributed by atoms with van der Waals surface area (Å²) < 4.78 is 6.58. The minimum Gasteiger partial charge on any atom is -0.497 e. The first-order valence-electron chi connectivity index (χ1n) is 12.0. The molecule has 186 valence electrons. The minimum absolute atomic E-state index is 0.214. The van der Waals surface area contributed by atoms with E-state index in [0.717, 1.165) is 22.4 Å². The fourth-order valence-corrected chi connectivity index (χ4v) is 4.28. The van der Waals surface area contributed by atoms with E-state index in [1.54, 1.807) is 13.2 Å². The van der Waals surface area contributed by atoms with E-state index in [9.17, 15) is 9.59 Å². The molecule has 0 saturated heterocycles. The number of ether oxygens (including phenoxy) is 1. The third-order valence-electron chi connectivity index (χ3n) is 6.38. The lowest BCUT2D eigenvalue weighted by molar-refractivity contribution is 0.0983. The van der Waals surface area contributed by atoms with Gasteiger partial charge in [-0.15, -0.1) is 0 Å². The van der Waals surface area contributed by atoms with Gasteiger partial charge in [-0.1, -0.05) is 60.7 Å². The lowest BCUT2D eigenvalue weighted by Gasteiger charge is -2.21. The van der Waals surface area contributed by atoms with E-state index in [-0.39, 0.29) is 29.7 Å². The van der Waals surface area contributed by atoms with Crippen LogP contribution in [0.2, 0.25) is 0 Å². The zero-order valence-electron chi connectivity index (χ0n) is 20.9. The molecule has 1 N–H and O–H groups in total. The van der Waals surface area contributed by atoms with E-state index < -0.39 is 0 Å². The molecule has 2 heterocycles. The number of methoxy groups -OCH3 is 1. The zero-order valence-corrected chi connectivity index (χ0v) is 20.9. The Morgan fingerprint density at radius 1 is 0.919 bits per heavy atom. The van der Waals surface area contributed by atoms with Crippen molar-refractivity contribution in [1.82, 2.24) is 19.6 Å². The van der Waals surface area contributed by atoms with Crippen LogP contribution in [-0.2, 0) is 13.0 Å². The fourth-order valence-electron chi connectivity index (χ4n) is 4.28. The van der Waals surface area contributed by atoms with Crippen LogP contribution in [0.3, 0.4) is 0 Å². The molecule has 0 spiro atoms. The highest BCUT2D eigenvalue weighted by atomic mass is 16.5. The van der Waals surface area contributed by atoms with Gasteiger partial charge in [0.05, 0.1) is 19.3 Å². The maximum absolute atomic E-state index is 13.8. The Hall–Kier alpha value is -4.72. The van der Waals surface area contributed by atoms with Gasteiger partial charge in [-0.05, 0) is 48.7 Å². The van der Waals surface area contributed by atoms with Crippen molar-refractivity contribution in [3.8, 4) is 5.75 Å². The normalized spacial score (nSPS) is 11.0. The zero-order chi connectivity index (χ0) is 25.9. The molecule has 5 aromatic rings. The molecule has 8 nitrogen and oxygen atoms in total. The predicted octanol–water partition coefficient (Wildman–Crippen LogP) is 4.48. The number of fused-ring (bicyclic) bond motifs is 1. The Morgan fingerprint density at radius 3 is 2.32 bits per heavy atom. The van der Waals surface area contributed by atoms with E-state index in [4.69, 9.17) is 4.74 Å². The number of benzene rings is 3. The molecule has 0 fully saturated rings. The van der Waals surface area contributed by atoms with Gasteiger partial charge in [0.15, 0.2) is 0 Å². The van der Waals surface area contributed by atoms with Crippen LogP contribution in [0.1, 0.15) is 38.3 Å². The summed E-state index contributed by atoms with van der Waals surface area (Å²) in [5.41, 5.74) is 4.24. The molecule has 8 heteroatoms. The minimum atomic E-state index is -0.238. The van der Waals surface area contributed by atoms with Gasteiger partial charge >= 0.3 is 0 Å². The first kappa shape index (κ1) is 24.0. The molecule has 1 amide bonds. The number of carbonyl (C=O) groups excluding carboxylic acids is 1. The van der Waals surface area contributed by atoms with Gasteiger partial charge in [-0.25, -0.2) is 4.98 Å². The molecular weight excluding hydrogens is 466 g/mol. The number of amides is 1. The van der Waals surface area contributed by atoms with Crippen LogP contribution in [0, 0.1) is 13.8 Å². The number of nitrogens with zero attached hydrogens (tertiary/aromatic N) is 4. The maximum Gasteiger partial charge on any atom is 0.277 e. The monoisotopic (exact) mass is 493 g/mol. The van der Waals surface area contributed by atoms with Crippen molar-refractivity contribution in [2.24, 2.45) is 0 Å². The molecule has 37 heavy (non-hydrogen) atoms. The first-order valence-corrected chi connectivity index (χ1v) is 12.0. The summed E-state index contributed by atoms with van der Waals surface area (Å²) in [6.07, 6.45) is 0.452. The van der Waals surface area contributed by atoms with Crippen LogP contribution < -0.4 is 15.2 Å². The number of aromatic nitrogens is 4. The predicted molar refractivity (Wildman–Crippen MR) is 142 cm³/mol. The maximum atomic E-state index is 13.8. The molecule has 0 radical (unpaired) electrons. The molecule has 0 atom stereocenters. The molecule has 0 aliphatic carbocycles. The first-order chi connectivity index (χ1) is 17.9. The third kappa shape index (κ3) is 4.86. The van der Waals surface area contributed by atoms with E-state index in [0.29, 0.717) is 23.2 Å². The van der Waals surface area contributed by atoms with Gasteiger partial charge in [-0.3, -0.25) is 19.6 Å². The third-order valence-corrected chi connectivity index (χ3v) is 6.38. The Kier molecular flexibility index (Phi) is 6.55. The highest BCUT2D eigenvalue weighted by Crippen LogP contribution is 2.21. The van der Waals surface area contributed by atoms with Crippen LogP contribution in [0.5, 0.6) is 5.75 Å². The second-order valence-corrected chi connectivity index (χ2v) is 8.88. The number of rotatable bonds is 7. The van der Waals surface area contributed by atoms with E-state index in [1.807, 2.05) is 86.6 Å². The Labute approximate surface area is 214 Å². The molecule has 0 bridgehead atoms. The molecule has 0 aliphatic heterocycles. The average molecular weight is 494 g/mol. The Morgan fingerprint density at radius 2 is 1.62 bits per heavy atom. The number of nitrogens with one attached hydrogen (secondary N) is 1. The van der Waals surface area contributed by atoms with Crippen LogP contribution in [0.15, 0.2) is 83.7 Å². The summed E-state index contributed by atoms with van der Waals surface area (Å²) in [6, 6.07) is 24.6. The van der Waals surface area contributed by atoms with Crippen LogP contribution in [0.25, 0.3) is 5.78 Å². The van der Waals surface area contributed by atoms with E-state index in [2.05, 4.69) is 15.1 Å². The van der Waals surface area contributed by atoms with Gasteiger partial charge in [0, 0.05) is 17.5 Å². The molecule has 0 saturated carbocycles. The van der Waals surface area contributed by atoms with Gasteiger partial charge in [-0.2, -0.15) is 9.50 Å². The summed E-state index contributed by atoms with van der Waals surface area (Å²) >= 11 is 0. The van der Waals surface area contributed by atoms with Crippen molar-refractivity contribution in [3.05, 3.63) is 123 Å². The number of carbonyl (C=O) groups is 1. The van der Waals surface area contributed by atoms with Crippen LogP contribution in [0.4, 0.5) is 5.95 Å². The molecule has 0 aliphatic rings. The van der Waals surface area contributed by atoms with Gasteiger partial charge in [0.25, 0.3) is 17.2 Å². The highest BCUT2D eigenvalue weighted by molar-refractivity contribution is 6.06. The summed E-state index contributed by atoms with van der Waals surface area (Å²) in [5, 5.41) is 3.04. The van der Waals surface area contributed by atoms with E-state index >= 15 is 0 Å². The number of aryl methyl sites for hydroxylation is 2. The molecule has 2 aromatic heterocycles. The number of anilines is 1. The lowest BCUT2D eigenvalue weighted by atomic mass is 10.1. The quantitative estimate of drug-likeness (QED) is 0.361. The van der Waals surface area contributed by atoms with Crippen molar-refractivity contribution in [3.63, 3.8) is 0 Å². The topological polar surface area (TPSA) is 92.6 Å².